The summed E-state index contributed by atoms with van der Waals surface area (Å²) in [7, 11) is 0. The molecule has 0 aliphatic rings. The van der Waals surface area contributed by atoms with Gasteiger partial charge in [-0.25, -0.2) is 8.78 Å². The zero-order valence-electron chi connectivity index (χ0n) is 8.00. The maximum Gasteiger partial charge on any atom is 0.128 e. The van der Waals surface area contributed by atoms with E-state index in [9.17, 15) is 8.78 Å². The highest BCUT2D eigenvalue weighted by atomic mass is 19.1. The van der Waals surface area contributed by atoms with Gasteiger partial charge < -0.3 is 5.73 Å². The van der Waals surface area contributed by atoms with E-state index in [2.05, 4.69) is 6.58 Å². The van der Waals surface area contributed by atoms with E-state index in [0.29, 0.717) is 0 Å². The molecule has 3 heteroatoms. The second-order valence-electron chi connectivity index (χ2n) is 3.29. The van der Waals surface area contributed by atoms with Gasteiger partial charge in [0.1, 0.15) is 11.6 Å². The molecule has 0 heterocycles. The van der Waals surface area contributed by atoms with Crippen LogP contribution in [0.5, 0.6) is 0 Å². The molecular formula is C11H13F2N. The molecule has 0 fully saturated rings. The van der Waals surface area contributed by atoms with Gasteiger partial charge in [0, 0.05) is 11.6 Å². The van der Waals surface area contributed by atoms with Crippen molar-refractivity contribution in [2.75, 3.05) is 0 Å². The van der Waals surface area contributed by atoms with Gasteiger partial charge in [-0.3, -0.25) is 0 Å². The third kappa shape index (κ3) is 2.17. The van der Waals surface area contributed by atoms with Gasteiger partial charge in [0.05, 0.1) is 0 Å². The van der Waals surface area contributed by atoms with E-state index >= 15 is 0 Å². The van der Waals surface area contributed by atoms with Crippen LogP contribution < -0.4 is 5.73 Å². The first-order valence-corrected chi connectivity index (χ1v) is 4.39. The van der Waals surface area contributed by atoms with Gasteiger partial charge in [-0.15, -0.1) is 6.58 Å². The van der Waals surface area contributed by atoms with Gasteiger partial charge >= 0.3 is 0 Å². The average Bonchev–Trinajstić information content (AvgIpc) is 2.19. The first-order chi connectivity index (χ1) is 6.56. The minimum atomic E-state index is -0.553. The topological polar surface area (TPSA) is 26.0 Å². The van der Waals surface area contributed by atoms with Crippen LogP contribution in [0.2, 0.25) is 0 Å². The van der Waals surface area contributed by atoms with Crippen molar-refractivity contribution in [3.63, 3.8) is 0 Å². The molecule has 1 rings (SSSR count). The van der Waals surface area contributed by atoms with E-state index in [1.807, 2.05) is 6.92 Å². The highest BCUT2D eigenvalue weighted by molar-refractivity contribution is 5.23. The monoisotopic (exact) mass is 197 g/mol. The fraction of sp³-hybridized carbons (Fsp3) is 0.273. The Morgan fingerprint density at radius 2 is 2.07 bits per heavy atom. The summed E-state index contributed by atoms with van der Waals surface area (Å²) in [5.74, 6) is -1.05. The molecule has 0 bridgehead atoms. The first kappa shape index (κ1) is 10.9. The normalized spacial score (nSPS) is 14.9. The Labute approximate surface area is 82.2 Å². The van der Waals surface area contributed by atoms with Crippen LogP contribution in [-0.2, 0) is 0 Å². The predicted molar refractivity (Wildman–Crippen MR) is 52.6 cm³/mol. The van der Waals surface area contributed by atoms with E-state index in [-0.39, 0.29) is 11.5 Å². The lowest BCUT2D eigenvalue weighted by Crippen LogP contribution is -2.19. The second-order valence-corrected chi connectivity index (χ2v) is 3.29. The van der Waals surface area contributed by atoms with Gasteiger partial charge in [-0.1, -0.05) is 13.0 Å². The van der Waals surface area contributed by atoms with Crippen molar-refractivity contribution in [2.24, 2.45) is 11.7 Å². The molecule has 1 aromatic rings. The lowest BCUT2D eigenvalue weighted by Gasteiger charge is -2.17. The fourth-order valence-electron chi connectivity index (χ4n) is 1.20. The summed E-state index contributed by atoms with van der Waals surface area (Å²) < 4.78 is 26.1. The van der Waals surface area contributed by atoms with Gasteiger partial charge in [0.15, 0.2) is 0 Å². The number of halogens is 2. The molecule has 0 spiro atoms. The fourth-order valence-corrected chi connectivity index (χ4v) is 1.20. The number of rotatable bonds is 3. The lowest BCUT2D eigenvalue weighted by atomic mass is 9.95. The SMILES string of the molecule is C=CC(C)C(N)c1cc(F)ccc1F. The highest BCUT2D eigenvalue weighted by Crippen LogP contribution is 2.23. The van der Waals surface area contributed by atoms with Crippen LogP contribution >= 0.6 is 0 Å². The van der Waals surface area contributed by atoms with Crippen LogP contribution in [0.4, 0.5) is 8.78 Å². The third-order valence-electron chi connectivity index (χ3n) is 2.26. The van der Waals surface area contributed by atoms with Crippen molar-refractivity contribution in [1.82, 2.24) is 0 Å². The van der Waals surface area contributed by atoms with Crippen molar-refractivity contribution in [3.8, 4) is 0 Å². The summed E-state index contributed by atoms with van der Waals surface area (Å²) in [5.41, 5.74) is 5.93. The molecule has 1 aromatic carbocycles. The van der Waals surface area contributed by atoms with Crippen molar-refractivity contribution in [2.45, 2.75) is 13.0 Å². The van der Waals surface area contributed by atoms with Crippen LogP contribution in [0.15, 0.2) is 30.9 Å². The molecule has 0 saturated heterocycles. The van der Waals surface area contributed by atoms with Gasteiger partial charge in [-0.2, -0.15) is 0 Å². The van der Waals surface area contributed by atoms with E-state index in [4.69, 9.17) is 5.73 Å². The number of hydrogen-bond acceptors (Lipinski definition) is 1. The van der Waals surface area contributed by atoms with Crippen LogP contribution in [-0.4, -0.2) is 0 Å². The Bertz CT molecular complexity index is 336. The predicted octanol–water partition coefficient (Wildman–Crippen LogP) is 2.79. The Hall–Kier alpha value is -1.22. The first-order valence-electron chi connectivity index (χ1n) is 4.39. The molecule has 1 nitrogen and oxygen atoms in total. The van der Waals surface area contributed by atoms with Crippen LogP contribution in [0.25, 0.3) is 0 Å². The quantitative estimate of drug-likeness (QED) is 0.741. The summed E-state index contributed by atoms with van der Waals surface area (Å²) in [4.78, 5) is 0. The number of nitrogens with two attached hydrogens (primary N) is 1. The minimum Gasteiger partial charge on any atom is -0.323 e. The van der Waals surface area contributed by atoms with Crippen molar-refractivity contribution in [3.05, 3.63) is 48.1 Å². The number of hydrogen-bond donors (Lipinski definition) is 1. The number of benzene rings is 1. The van der Waals surface area contributed by atoms with E-state index in [1.165, 1.54) is 0 Å². The highest BCUT2D eigenvalue weighted by Gasteiger charge is 2.16. The van der Waals surface area contributed by atoms with E-state index in [1.54, 1.807) is 6.08 Å². The van der Waals surface area contributed by atoms with Crippen LogP contribution in [0.1, 0.15) is 18.5 Å². The Balaban J connectivity index is 3.05. The molecule has 0 aliphatic heterocycles. The Morgan fingerprint density at radius 1 is 1.43 bits per heavy atom. The maximum atomic E-state index is 13.2. The van der Waals surface area contributed by atoms with Gasteiger partial charge in [-0.05, 0) is 24.1 Å². The Kier molecular flexibility index (Phi) is 3.36. The molecule has 2 N–H and O–H groups in total. The maximum absolute atomic E-state index is 13.2. The molecule has 0 amide bonds. The standard InChI is InChI=1S/C11H13F2N/c1-3-7(2)11(14)9-6-8(12)4-5-10(9)13/h3-7,11H,1,14H2,2H3. The largest absolute Gasteiger partial charge is 0.323 e. The van der Waals surface area contributed by atoms with Crippen LogP contribution in [0, 0.1) is 17.6 Å². The zero-order valence-corrected chi connectivity index (χ0v) is 8.00. The van der Waals surface area contributed by atoms with Gasteiger partial charge in [0.2, 0.25) is 0 Å². The smallest absolute Gasteiger partial charge is 0.128 e. The van der Waals surface area contributed by atoms with Crippen molar-refractivity contribution >= 4 is 0 Å². The third-order valence-corrected chi connectivity index (χ3v) is 2.26. The summed E-state index contributed by atoms with van der Waals surface area (Å²) in [6, 6.07) is 2.73. The van der Waals surface area contributed by atoms with E-state index in [0.717, 1.165) is 18.2 Å². The zero-order chi connectivity index (χ0) is 10.7. The molecule has 76 valence electrons. The average molecular weight is 197 g/mol. The molecule has 14 heavy (non-hydrogen) atoms. The van der Waals surface area contributed by atoms with E-state index < -0.39 is 17.7 Å². The molecule has 0 saturated carbocycles. The molecule has 0 aliphatic carbocycles. The molecule has 2 unspecified atom stereocenters. The molecule has 0 aromatic heterocycles. The second kappa shape index (κ2) is 4.33. The summed E-state index contributed by atoms with van der Waals surface area (Å²) in [5, 5.41) is 0. The minimum absolute atomic E-state index is 0.0914. The molecular weight excluding hydrogens is 184 g/mol. The Morgan fingerprint density at radius 3 is 2.64 bits per heavy atom. The molecule has 0 radical (unpaired) electrons. The molecule has 2 atom stereocenters. The van der Waals surface area contributed by atoms with Gasteiger partial charge in [0.25, 0.3) is 0 Å². The summed E-state index contributed by atoms with van der Waals surface area (Å²) in [6.45, 7) is 5.37. The lowest BCUT2D eigenvalue weighted by molar-refractivity contribution is 0.512. The van der Waals surface area contributed by atoms with Crippen molar-refractivity contribution in [1.29, 1.82) is 0 Å². The van der Waals surface area contributed by atoms with Crippen molar-refractivity contribution < 1.29 is 8.78 Å². The summed E-state index contributed by atoms with van der Waals surface area (Å²) in [6.07, 6.45) is 1.62. The van der Waals surface area contributed by atoms with Crippen LogP contribution in [0.3, 0.4) is 0 Å². The summed E-state index contributed by atoms with van der Waals surface area (Å²) >= 11 is 0.